The summed E-state index contributed by atoms with van der Waals surface area (Å²) >= 11 is 0. The molecule has 7 heteroatoms. The van der Waals surface area contributed by atoms with Gasteiger partial charge in [0.1, 0.15) is 0 Å². The fourth-order valence-corrected chi connectivity index (χ4v) is 4.49. The number of carbonyl (C=O) groups is 1. The smallest absolute Gasteiger partial charge is 0.243 e. The molecule has 1 atom stereocenters. The van der Waals surface area contributed by atoms with Crippen LogP contribution >= 0.6 is 0 Å². The number of sulfonamides is 1. The number of carbonyl (C=O) groups excluding carboxylic acids is 1. The zero-order valence-electron chi connectivity index (χ0n) is 17.2. The Kier molecular flexibility index (Phi) is 7.42. The maximum absolute atomic E-state index is 12.9. The highest BCUT2D eigenvalue weighted by molar-refractivity contribution is 7.89. The van der Waals surface area contributed by atoms with Crippen LogP contribution < -0.4 is 0 Å². The van der Waals surface area contributed by atoms with Crippen LogP contribution in [-0.2, 0) is 14.8 Å². The second-order valence-electron chi connectivity index (χ2n) is 7.66. The van der Waals surface area contributed by atoms with Gasteiger partial charge in [0, 0.05) is 39.3 Å². The molecular formula is C20H33N3O3S. The molecule has 1 aliphatic heterocycles. The van der Waals surface area contributed by atoms with E-state index in [0.29, 0.717) is 43.5 Å². The summed E-state index contributed by atoms with van der Waals surface area (Å²) in [5.41, 5.74) is 1.16. The van der Waals surface area contributed by atoms with E-state index >= 15 is 0 Å². The lowest BCUT2D eigenvalue weighted by Crippen LogP contribution is -2.51. The molecule has 0 unspecified atom stereocenters. The van der Waals surface area contributed by atoms with E-state index in [1.165, 1.54) is 4.31 Å². The zero-order chi connectivity index (χ0) is 20.2. The van der Waals surface area contributed by atoms with Gasteiger partial charge >= 0.3 is 0 Å². The number of hydrogen-bond donors (Lipinski definition) is 0. The van der Waals surface area contributed by atoms with Crippen molar-refractivity contribution in [1.82, 2.24) is 14.1 Å². The number of rotatable bonds is 7. The molecule has 1 aromatic carbocycles. The molecule has 1 amide bonds. The van der Waals surface area contributed by atoms with E-state index in [0.717, 1.165) is 12.0 Å². The molecule has 0 aliphatic carbocycles. The topological polar surface area (TPSA) is 60.9 Å². The van der Waals surface area contributed by atoms with Crippen LogP contribution in [0.15, 0.2) is 29.2 Å². The quantitative estimate of drug-likeness (QED) is 0.711. The molecule has 1 heterocycles. The van der Waals surface area contributed by atoms with Crippen molar-refractivity contribution in [2.45, 2.75) is 51.0 Å². The maximum Gasteiger partial charge on any atom is 0.243 e. The van der Waals surface area contributed by atoms with Crippen LogP contribution in [0.1, 0.15) is 45.6 Å². The van der Waals surface area contributed by atoms with Gasteiger partial charge in [-0.25, -0.2) is 8.42 Å². The van der Waals surface area contributed by atoms with Crippen molar-refractivity contribution < 1.29 is 13.2 Å². The SMILES string of the molecule is CC[C@H](C)c1ccc(S(=O)(=O)N2CCN(CC(=O)N(C)C(C)C)CC2)cc1. The summed E-state index contributed by atoms with van der Waals surface area (Å²) in [7, 11) is -1.68. The molecular weight excluding hydrogens is 362 g/mol. The van der Waals surface area contributed by atoms with Gasteiger partial charge in [-0.05, 0) is 43.9 Å². The number of nitrogens with zero attached hydrogens (tertiary/aromatic N) is 3. The van der Waals surface area contributed by atoms with Crippen LogP contribution in [0, 0.1) is 0 Å². The second-order valence-corrected chi connectivity index (χ2v) is 9.59. The van der Waals surface area contributed by atoms with E-state index in [1.54, 1.807) is 24.1 Å². The largest absolute Gasteiger partial charge is 0.342 e. The van der Waals surface area contributed by atoms with Crippen LogP contribution in [0.25, 0.3) is 0 Å². The molecule has 1 aromatic rings. The second kappa shape index (κ2) is 9.17. The lowest BCUT2D eigenvalue weighted by molar-refractivity contribution is -0.132. The van der Waals surface area contributed by atoms with Crippen molar-refractivity contribution in [2.75, 3.05) is 39.8 Å². The van der Waals surface area contributed by atoms with Gasteiger partial charge in [0.15, 0.2) is 0 Å². The van der Waals surface area contributed by atoms with Gasteiger partial charge < -0.3 is 4.90 Å². The summed E-state index contributed by atoms with van der Waals surface area (Å²) in [6, 6.07) is 7.42. The Morgan fingerprint density at radius 2 is 1.63 bits per heavy atom. The van der Waals surface area contributed by atoms with Gasteiger partial charge in [-0.2, -0.15) is 4.31 Å². The van der Waals surface area contributed by atoms with E-state index in [9.17, 15) is 13.2 Å². The Bertz CT molecular complexity index is 723. The molecule has 0 aromatic heterocycles. The predicted molar refractivity (Wildman–Crippen MR) is 108 cm³/mol. The molecule has 0 radical (unpaired) electrons. The van der Waals surface area contributed by atoms with Gasteiger partial charge in [0.25, 0.3) is 0 Å². The Hall–Kier alpha value is -1.44. The minimum absolute atomic E-state index is 0.0712. The predicted octanol–water partition coefficient (Wildman–Crippen LogP) is 2.37. The first kappa shape index (κ1) is 21.9. The Morgan fingerprint density at radius 3 is 2.11 bits per heavy atom. The maximum atomic E-state index is 12.9. The van der Waals surface area contributed by atoms with E-state index in [1.807, 2.05) is 30.9 Å². The van der Waals surface area contributed by atoms with E-state index in [-0.39, 0.29) is 11.9 Å². The minimum atomic E-state index is -3.48. The average molecular weight is 396 g/mol. The molecule has 2 rings (SSSR count). The van der Waals surface area contributed by atoms with Crippen molar-refractivity contribution >= 4 is 15.9 Å². The van der Waals surface area contributed by atoms with Crippen LogP contribution in [-0.4, -0.2) is 74.2 Å². The minimum Gasteiger partial charge on any atom is -0.342 e. The highest BCUT2D eigenvalue weighted by Gasteiger charge is 2.29. The van der Waals surface area contributed by atoms with E-state index in [4.69, 9.17) is 0 Å². The van der Waals surface area contributed by atoms with Gasteiger partial charge in [-0.1, -0.05) is 26.0 Å². The lowest BCUT2D eigenvalue weighted by Gasteiger charge is -2.34. The summed E-state index contributed by atoms with van der Waals surface area (Å²) in [5, 5.41) is 0. The molecule has 0 saturated carbocycles. The van der Waals surface area contributed by atoms with Crippen molar-refractivity contribution in [3.8, 4) is 0 Å². The molecule has 1 fully saturated rings. The third-order valence-corrected chi connectivity index (χ3v) is 7.47. The molecule has 6 nitrogen and oxygen atoms in total. The molecule has 152 valence electrons. The third-order valence-electron chi connectivity index (χ3n) is 5.56. The molecule has 1 saturated heterocycles. The first-order valence-electron chi connectivity index (χ1n) is 9.75. The molecule has 27 heavy (non-hydrogen) atoms. The number of benzene rings is 1. The van der Waals surface area contributed by atoms with Crippen LogP contribution in [0.4, 0.5) is 0 Å². The lowest BCUT2D eigenvalue weighted by atomic mass is 9.99. The standard InChI is InChI=1S/C20H33N3O3S/c1-6-17(4)18-7-9-19(10-8-18)27(25,26)23-13-11-22(12-14-23)15-20(24)21(5)16(2)3/h7-10,16-17H,6,11-15H2,1-5H3/t17-/m0/s1. The van der Waals surface area contributed by atoms with Gasteiger partial charge in [-0.3, -0.25) is 9.69 Å². The van der Waals surface area contributed by atoms with Crippen molar-refractivity contribution in [3.05, 3.63) is 29.8 Å². The summed E-state index contributed by atoms with van der Waals surface area (Å²) < 4.78 is 27.3. The van der Waals surface area contributed by atoms with Crippen LogP contribution in [0.2, 0.25) is 0 Å². The summed E-state index contributed by atoms with van der Waals surface area (Å²) in [6.45, 7) is 10.5. The fourth-order valence-electron chi connectivity index (χ4n) is 3.07. The Labute approximate surface area is 164 Å². The number of hydrogen-bond acceptors (Lipinski definition) is 4. The van der Waals surface area contributed by atoms with Crippen molar-refractivity contribution in [3.63, 3.8) is 0 Å². The monoisotopic (exact) mass is 395 g/mol. The first-order chi connectivity index (χ1) is 12.7. The summed E-state index contributed by atoms with van der Waals surface area (Å²) in [6.07, 6.45) is 1.03. The molecule has 0 N–H and O–H groups in total. The van der Waals surface area contributed by atoms with Crippen LogP contribution in [0.3, 0.4) is 0 Å². The van der Waals surface area contributed by atoms with Crippen molar-refractivity contribution in [2.24, 2.45) is 0 Å². The number of piperazine rings is 1. The fraction of sp³-hybridized carbons (Fsp3) is 0.650. The van der Waals surface area contributed by atoms with E-state index < -0.39 is 10.0 Å². The average Bonchev–Trinajstić information content (AvgIpc) is 2.67. The zero-order valence-corrected chi connectivity index (χ0v) is 18.0. The number of likely N-dealkylation sites (N-methyl/N-ethyl adjacent to an activating group) is 1. The Morgan fingerprint density at radius 1 is 1.07 bits per heavy atom. The van der Waals surface area contributed by atoms with Crippen molar-refractivity contribution in [1.29, 1.82) is 0 Å². The third kappa shape index (κ3) is 5.30. The normalized spacial score (nSPS) is 17.9. The van der Waals surface area contributed by atoms with Gasteiger partial charge in [-0.15, -0.1) is 0 Å². The van der Waals surface area contributed by atoms with Crippen LogP contribution in [0.5, 0.6) is 0 Å². The summed E-state index contributed by atoms with van der Waals surface area (Å²) in [5.74, 6) is 0.494. The first-order valence-corrected chi connectivity index (χ1v) is 11.2. The van der Waals surface area contributed by atoms with E-state index in [2.05, 4.69) is 13.8 Å². The summed E-state index contributed by atoms with van der Waals surface area (Å²) in [4.78, 5) is 16.3. The molecule has 0 bridgehead atoms. The molecule has 1 aliphatic rings. The van der Waals surface area contributed by atoms with Gasteiger partial charge in [0.2, 0.25) is 15.9 Å². The van der Waals surface area contributed by atoms with Gasteiger partial charge in [0.05, 0.1) is 11.4 Å². The molecule has 0 spiro atoms. The number of amides is 1. The Balaban J connectivity index is 1.97. The highest BCUT2D eigenvalue weighted by atomic mass is 32.2. The highest BCUT2D eigenvalue weighted by Crippen LogP contribution is 2.23.